The third-order valence-electron chi connectivity index (χ3n) is 5.09. The molecular weight excluding hydrogens is 462 g/mol. The van der Waals surface area contributed by atoms with Crippen LogP contribution in [-0.2, 0) is 9.59 Å². The topological polar surface area (TPSA) is 80.2 Å². The van der Waals surface area contributed by atoms with Crippen molar-refractivity contribution in [3.05, 3.63) is 89.3 Å². The predicted molar refractivity (Wildman–Crippen MR) is 140 cm³/mol. The van der Waals surface area contributed by atoms with Gasteiger partial charge in [0.15, 0.2) is 23.3 Å². The molecule has 8 heteroatoms. The standard InChI is InChI=1S/C27H25N3O4S/c1-3-30-26(32)24(35-27(30)29-21-12-8-5-9-13-21)17-19-14-15-22(23(16-19)33-2)34-18-25(31)28-20-10-6-4-7-11-20/h4-17H,3,18H2,1-2H3,(H,28,31)/b24-17+,29-27?. The maximum atomic E-state index is 12.9. The first-order valence-corrected chi connectivity index (χ1v) is 11.9. The van der Waals surface area contributed by atoms with E-state index in [2.05, 4.69) is 10.3 Å². The third kappa shape index (κ3) is 6.10. The van der Waals surface area contributed by atoms with Gasteiger partial charge in [0, 0.05) is 12.2 Å². The van der Waals surface area contributed by atoms with Gasteiger partial charge in [0.05, 0.1) is 17.7 Å². The summed E-state index contributed by atoms with van der Waals surface area (Å²) in [7, 11) is 1.53. The second kappa shape index (κ2) is 11.4. The van der Waals surface area contributed by atoms with Gasteiger partial charge >= 0.3 is 0 Å². The summed E-state index contributed by atoms with van der Waals surface area (Å²) in [4.78, 5) is 32.0. The number of aliphatic imine (C=N–C) groups is 1. The maximum Gasteiger partial charge on any atom is 0.266 e. The fourth-order valence-corrected chi connectivity index (χ4v) is 4.45. The molecule has 0 saturated carbocycles. The molecule has 1 heterocycles. The molecule has 0 unspecified atom stereocenters. The van der Waals surface area contributed by atoms with Crippen molar-refractivity contribution in [2.24, 2.45) is 4.99 Å². The molecule has 3 aromatic carbocycles. The van der Waals surface area contributed by atoms with Crippen molar-refractivity contribution in [2.45, 2.75) is 6.92 Å². The molecule has 1 aliphatic rings. The van der Waals surface area contributed by atoms with Crippen molar-refractivity contribution < 1.29 is 19.1 Å². The molecule has 178 valence electrons. The lowest BCUT2D eigenvalue weighted by Gasteiger charge is -2.12. The van der Waals surface area contributed by atoms with Crippen LogP contribution in [0.2, 0.25) is 0 Å². The van der Waals surface area contributed by atoms with Crippen LogP contribution in [0.25, 0.3) is 6.08 Å². The number of para-hydroxylation sites is 2. The molecule has 1 saturated heterocycles. The fourth-order valence-electron chi connectivity index (χ4n) is 3.39. The lowest BCUT2D eigenvalue weighted by Crippen LogP contribution is -2.28. The second-order valence-electron chi connectivity index (χ2n) is 7.50. The van der Waals surface area contributed by atoms with Crippen LogP contribution in [0.1, 0.15) is 12.5 Å². The highest BCUT2D eigenvalue weighted by atomic mass is 32.2. The summed E-state index contributed by atoms with van der Waals surface area (Å²) in [5, 5.41) is 3.42. The van der Waals surface area contributed by atoms with E-state index in [0.29, 0.717) is 33.8 Å². The molecule has 2 amide bonds. The van der Waals surface area contributed by atoms with Crippen molar-refractivity contribution >= 4 is 46.2 Å². The molecule has 0 aromatic heterocycles. The van der Waals surface area contributed by atoms with Gasteiger partial charge in [0.1, 0.15) is 0 Å². The first-order valence-electron chi connectivity index (χ1n) is 11.1. The van der Waals surface area contributed by atoms with E-state index in [0.717, 1.165) is 11.3 Å². The van der Waals surface area contributed by atoms with Gasteiger partial charge in [-0.2, -0.15) is 0 Å². The van der Waals surface area contributed by atoms with E-state index < -0.39 is 0 Å². The number of carbonyl (C=O) groups is 2. The smallest absolute Gasteiger partial charge is 0.266 e. The van der Waals surface area contributed by atoms with Gasteiger partial charge < -0.3 is 14.8 Å². The molecule has 1 N–H and O–H groups in total. The number of amidine groups is 1. The van der Waals surface area contributed by atoms with E-state index in [1.54, 1.807) is 35.2 Å². The number of hydrogen-bond donors (Lipinski definition) is 1. The Morgan fingerprint density at radius 1 is 1.03 bits per heavy atom. The SMILES string of the molecule is CCN1C(=O)/C(=C\c2ccc(OCC(=O)Nc3ccccc3)c(OC)c2)SC1=Nc1ccccc1. The molecule has 0 bridgehead atoms. The number of ether oxygens (including phenoxy) is 2. The van der Waals surface area contributed by atoms with Crippen molar-refractivity contribution in [3.63, 3.8) is 0 Å². The maximum absolute atomic E-state index is 12.9. The Morgan fingerprint density at radius 2 is 1.74 bits per heavy atom. The van der Waals surface area contributed by atoms with Crippen LogP contribution in [0.5, 0.6) is 11.5 Å². The van der Waals surface area contributed by atoms with Gasteiger partial charge in [0.2, 0.25) is 0 Å². The monoisotopic (exact) mass is 487 g/mol. The minimum absolute atomic E-state index is 0.0935. The first-order chi connectivity index (χ1) is 17.1. The number of amides is 2. The van der Waals surface area contributed by atoms with Crippen LogP contribution >= 0.6 is 11.8 Å². The van der Waals surface area contributed by atoms with Crippen LogP contribution in [0, 0.1) is 0 Å². The quantitative estimate of drug-likeness (QED) is 0.434. The fraction of sp³-hybridized carbons (Fsp3) is 0.148. The van der Waals surface area contributed by atoms with Crippen LogP contribution in [0.15, 0.2) is 88.8 Å². The van der Waals surface area contributed by atoms with E-state index in [4.69, 9.17) is 9.47 Å². The van der Waals surface area contributed by atoms with Crippen molar-refractivity contribution in [3.8, 4) is 11.5 Å². The van der Waals surface area contributed by atoms with Gasteiger partial charge in [-0.25, -0.2) is 4.99 Å². The number of benzene rings is 3. The molecule has 7 nitrogen and oxygen atoms in total. The van der Waals surface area contributed by atoms with Gasteiger partial charge in [0.25, 0.3) is 11.8 Å². The molecule has 0 aliphatic carbocycles. The van der Waals surface area contributed by atoms with Crippen LogP contribution in [-0.4, -0.2) is 42.1 Å². The van der Waals surface area contributed by atoms with E-state index in [9.17, 15) is 9.59 Å². The molecular formula is C27H25N3O4S. The Bertz CT molecular complexity index is 1260. The van der Waals surface area contributed by atoms with Gasteiger partial charge in [-0.05, 0) is 66.7 Å². The number of methoxy groups -OCH3 is 1. The highest BCUT2D eigenvalue weighted by molar-refractivity contribution is 8.18. The number of nitrogens with one attached hydrogen (secondary N) is 1. The Morgan fingerprint density at radius 3 is 2.43 bits per heavy atom. The Balaban J connectivity index is 1.47. The van der Waals surface area contributed by atoms with Gasteiger partial charge in [-0.3, -0.25) is 14.5 Å². The minimum atomic E-state index is -0.276. The summed E-state index contributed by atoms with van der Waals surface area (Å²) in [5.41, 5.74) is 2.27. The lowest BCUT2D eigenvalue weighted by molar-refractivity contribution is -0.122. The first kappa shape index (κ1) is 24.1. The molecule has 1 fully saturated rings. The molecule has 1 aliphatic heterocycles. The number of nitrogens with zero attached hydrogens (tertiary/aromatic N) is 2. The van der Waals surface area contributed by atoms with Crippen LogP contribution in [0.4, 0.5) is 11.4 Å². The largest absolute Gasteiger partial charge is 0.493 e. The van der Waals surface area contributed by atoms with E-state index in [1.165, 1.54) is 18.9 Å². The van der Waals surface area contributed by atoms with Crippen molar-refractivity contribution in [2.75, 3.05) is 25.6 Å². The Labute approximate surface area is 208 Å². The lowest BCUT2D eigenvalue weighted by atomic mass is 10.2. The summed E-state index contributed by atoms with van der Waals surface area (Å²) >= 11 is 1.34. The van der Waals surface area contributed by atoms with Crippen LogP contribution in [0.3, 0.4) is 0 Å². The van der Waals surface area contributed by atoms with Crippen molar-refractivity contribution in [1.29, 1.82) is 0 Å². The summed E-state index contributed by atoms with van der Waals surface area (Å²) in [6, 6.07) is 24.0. The van der Waals surface area contributed by atoms with E-state index >= 15 is 0 Å². The van der Waals surface area contributed by atoms with E-state index in [1.807, 2.05) is 61.5 Å². The normalized spacial score (nSPS) is 15.5. The molecule has 35 heavy (non-hydrogen) atoms. The van der Waals surface area contributed by atoms with Crippen molar-refractivity contribution in [1.82, 2.24) is 4.90 Å². The summed E-state index contributed by atoms with van der Waals surface area (Å²) in [6.07, 6.45) is 1.80. The number of hydrogen-bond acceptors (Lipinski definition) is 6. The number of carbonyl (C=O) groups excluding carboxylic acids is 2. The zero-order chi connectivity index (χ0) is 24.6. The molecule has 3 aromatic rings. The van der Waals surface area contributed by atoms with E-state index in [-0.39, 0.29) is 18.4 Å². The highest BCUT2D eigenvalue weighted by Crippen LogP contribution is 2.35. The summed E-state index contributed by atoms with van der Waals surface area (Å²) < 4.78 is 11.1. The number of anilines is 1. The highest BCUT2D eigenvalue weighted by Gasteiger charge is 2.32. The van der Waals surface area contributed by atoms with Crippen LogP contribution < -0.4 is 14.8 Å². The summed E-state index contributed by atoms with van der Waals surface area (Å²) in [5.74, 6) is 0.531. The Kier molecular flexibility index (Phi) is 7.84. The molecule has 0 spiro atoms. The molecule has 0 radical (unpaired) electrons. The second-order valence-corrected chi connectivity index (χ2v) is 8.51. The summed E-state index contributed by atoms with van der Waals surface area (Å²) in [6.45, 7) is 2.28. The number of thioether (sulfide) groups is 1. The number of rotatable bonds is 8. The predicted octanol–water partition coefficient (Wildman–Crippen LogP) is 5.34. The average molecular weight is 488 g/mol. The number of likely N-dealkylation sites (N-methyl/N-ethyl adjacent to an activating group) is 1. The zero-order valence-electron chi connectivity index (χ0n) is 19.4. The minimum Gasteiger partial charge on any atom is -0.493 e. The third-order valence-corrected chi connectivity index (χ3v) is 6.09. The molecule has 0 atom stereocenters. The molecule has 4 rings (SSSR count). The zero-order valence-corrected chi connectivity index (χ0v) is 20.2. The van der Waals surface area contributed by atoms with Gasteiger partial charge in [-0.15, -0.1) is 0 Å². The Hall–Kier alpha value is -4.04. The average Bonchev–Trinajstić information content (AvgIpc) is 3.17. The van der Waals surface area contributed by atoms with Gasteiger partial charge in [-0.1, -0.05) is 42.5 Å².